The highest BCUT2D eigenvalue weighted by Crippen LogP contribution is 2.44. The molecular weight excluding hydrogens is 430 g/mol. The summed E-state index contributed by atoms with van der Waals surface area (Å²) in [4.78, 5) is 26.5. The molecule has 1 N–H and O–H groups in total. The van der Waals surface area contributed by atoms with Crippen LogP contribution in [0.15, 0.2) is 82.0 Å². The standard InChI is InChI=1S/C28H25NO5/c1-16(2)17-8-10-18(11-9-17)23-24-25(21-6-4-5-7-22(21)33-28(24)31)34-26(23)27(30)29-19-12-14-20(32-3)15-13-19/h4-16,23,26H,1-3H3,(H,29,30). The molecule has 34 heavy (non-hydrogen) atoms. The molecule has 1 aliphatic heterocycles. The molecule has 0 radical (unpaired) electrons. The Morgan fingerprint density at radius 2 is 1.68 bits per heavy atom. The number of carbonyl (C=O) groups excluding carboxylic acids is 1. The highest BCUT2D eigenvalue weighted by atomic mass is 16.5. The highest BCUT2D eigenvalue weighted by molar-refractivity contribution is 5.97. The van der Waals surface area contributed by atoms with Gasteiger partial charge in [-0.25, -0.2) is 4.79 Å². The van der Waals surface area contributed by atoms with Crippen LogP contribution in [-0.2, 0) is 4.79 Å². The fourth-order valence-corrected chi connectivity index (χ4v) is 4.40. The number of fused-ring (bicyclic) bond motifs is 3. The molecule has 0 fully saturated rings. The fraction of sp³-hybridized carbons (Fsp3) is 0.214. The maximum atomic E-state index is 13.4. The SMILES string of the molecule is COc1ccc(NC(=O)C2Oc3c(c(=O)oc4ccccc34)C2c2ccc(C(C)C)cc2)cc1. The lowest BCUT2D eigenvalue weighted by molar-refractivity contribution is -0.122. The molecule has 0 saturated carbocycles. The van der Waals surface area contributed by atoms with Crippen molar-refractivity contribution < 1.29 is 18.7 Å². The number of nitrogens with one attached hydrogen (secondary N) is 1. The largest absolute Gasteiger partial charge is 0.497 e. The van der Waals surface area contributed by atoms with Crippen molar-refractivity contribution in [2.24, 2.45) is 0 Å². The van der Waals surface area contributed by atoms with Gasteiger partial charge in [-0.15, -0.1) is 0 Å². The summed E-state index contributed by atoms with van der Waals surface area (Å²) in [6, 6.07) is 22.2. The smallest absolute Gasteiger partial charge is 0.344 e. The average molecular weight is 456 g/mol. The van der Waals surface area contributed by atoms with Gasteiger partial charge in [0.25, 0.3) is 5.91 Å². The Labute approximate surface area is 197 Å². The van der Waals surface area contributed by atoms with E-state index in [1.807, 2.05) is 36.4 Å². The number of hydrogen-bond acceptors (Lipinski definition) is 5. The van der Waals surface area contributed by atoms with E-state index in [0.717, 1.165) is 5.56 Å². The first-order chi connectivity index (χ1) is 16.5. The topological polar surface area (TPSA) is 77.8 Å². The van der Waals surface area contributed by atoms with Crippen LogP contribution in [0.4, 0.5) is 5.69 Å². The van der Waals surface area contributed by atoms with Crippen LogP contribution in [0.2, 0.25) is 0 Å². The van der Waals surface area contributed by atoms with Gasteiger partial charge in [0.15, 0.2) is 6.10 Å². The molecular formula is C28H25NO5. The van der Waals surface area contributed by atoms with Crippen molar-refractivity contribution in [2.75, 3.05) is 12.4 Å². The Morgan fingerprint density at radius 1 is 0.971 bits per heavy atom. The second-order valence-electron chi connectivity index (χ2n) is 8.68. The zero-order chi connectivity index (χ0) is 23.8. The van der Waals surface area contributed by atoms with Crippen molar-refractivity contribution in [3.8, 4) is 11.5 Å². The van der Waals surface area contributed by atoms with Crippen LogP contribution in [0.5, 0.6) is 11.5 Å². The van der Waals surface area contributed by atoms with Crippen molar-refractivity contribution in [1.82, 2.24) is 0 Å². The molecule has 0 aliphatic carbocycles. The van der Waals surface area contributed by atoms with Crippen molar-refractivity contribution >= 4 is 22.6 Å². The Bertz CT molecular complexity index is 1400. The molecule has 4 aromatic rings. The number of hydrogen-bond donors (Lipinski definition) is 1. The molecule has 2 unspecified atom stereocenters. The van der Waals surface area contributed by atoms with E-state index in [1.165, 1.54) is 5.56 Å². The number of carbonyl (C=O) groups is 1. The summed E-state index contributed by atoms with van der Waals surface area (Å²) in [6.45, 7) is 4.24. The number of amides is 1. The number of methoxy groups -OCH3 is 1. The Hall–Kier alpha value is -4.06. The van der Waals surface area contributed by atoms with E-state index in [0.29, 0.717) is 39.6 Å². The van der Waals surface area contributed by atoms with Crippen LogP contribution in [0.1, 0.15) is 42.4 Å². The van der Waals surface area contributed by atoms with Gasteiger partial charge in [-0.3, -0.25) is 4.79 Å². The van der Waals surface area contributed by atoms with Gasteiger partial charge in [0.1, 0.15) is 17.1 Å². The Balaban J connectivity index is 1.59. The number of anilines is 1. The molecule has 6 heteroatoms. The number of para-hydroxylation sites is 1. The first-order valence-electron chi connectivity index (χ1n) is 11.2. The van der Waals surface area contributed by atoms with Crippen LogP contribution < -0.4 is 20.4 Å². The van der Waals surface area contributed by atoms with Gasteiger partial charge < -0.3 is 19.2 Å². The monoisotopic (exact) mass is 455 g/mol. The van der Waals surface area contributed by atoms with Crippen molar-refractivity contribution in [1.29, 1.82) is 0 Å². The maximum Gasteiger partial charge on any atom is 0.344 e. The first-order valence-corrected chi connectivity index (χ1v) is 11.2. The second kappa shape index (κ2) is 8.71. The summed E-state index contributed by atoms with van der Waals surface area (Å²) < 4.78 is 17.0. The van der Waals surface area contributed by atoms with E-state index < -0.39 is 17.6 Å². The normalized spacial score (nSPS) is 16.8. The van der Waals surface area contributed by atoms with Crippen LogP contribution in [-0.4, -0.2) is 19.1 Å². The predicted octanol–water partition coefficient (Wildman–Crippen LogP) is 5.46. The average Bonchev–Trinajstić information content (AvgIpc) is 3.26. The lowest BCUT2D eigenvalue weighted by Gasteiger charge is -2.19. The van der Waals surface area contributed by atoms with Crippen LogP contribution in [0.3, 0.4) is 0 Å². The van der Waals surface area contributed by atoms with Gasteiger partial charge in [0.2, 0.25) is 0 Å². The molecule has 172 valence electrons. The van der Waals surface area contributed by atoms with E-state index >= 15 is 0 Å². The summed E-state index contributed by atoms with van der Waals surface area (Å²) in [5, 5.41) is 3.58. The van der Waals surface area contributed by atoms with E-state index in [-0.39, 0.29) is 5.91 Å². The number of rotatable bonds is 5. The van der Waals surface area contributed by atoms with Gasteiger partial charge in [0, 0.05) is 5.69 Å². The molecule has 1 aromatic heterocycles. The van der Waals surface area contributed by atoms with Gasteiger partial charge in [0.05, 0.1) is 24.0 Å². The third kappa shape index (κ3) is 3.81. The van der Waals surface area contributed by atoms with E-state index in [4.69, 9.17) is 13.9 Å². The molecule has 0 saturated heterocycles. The summed E-state index contributed by atoms with van der Waals surface area (Å²) in [5.74, 6) is 0.511. The summed E-state index contributed by atoms with van der Waals surface area (Å²) >= 11 is 0. The van der Waals surface area contributed by atoms with Gasteiger partial charge in [-0.1, -0.05) is 50.2 Å². The number of ether oxygens (including phenoxy) is 2. The Kier molecular flexibility index (Phi) is 5.57. The Morgan fingerprint density at radius 3 is 2.35 bits per heavy atom. The van der Waals surface area contributed by atoms with Crippen LogP contribution in [0, 0.1) is 0 Å². The summed E-state index contributed by atoms with van der Waals surface area (Å²) in [6.07, 6.45) is -0.935. The predicted molar refractivity (Wildman–Crippen MR) is 131 cm³/mol. The van der Waals surface area contributed by atoms with E-state index in [9.17, 15) is 9.59 Å². The lowest BCUT2D eigenvalue weighted by Crippen LogP contribution is -2.35. The maximum absolute atomic E-state index is 13.4. The first kappa shape index (κ1) is 21.8. The lowest BCUT2D eigenvalue weighted by atomic mass is 9.87. The molecule has 5 rings (SSSR count). The molecule has 0 bridgehead atoms. The zero-order valence-electron chi connectivity index (χ0n) is 19.2. The van der Waals surface area contributed by atoms with Crippen LogP contribution in [0.25, 0.3) is 11.0 Å². The summed E-state index contributed by atoms with van der Waals surface area (Å²) in [7, 11) is 1.59. The van der Waals surface area contributed by atoms with Crippen molar-refractivity contribution in [2.45, 2.75) is 31.8 Å². The quantitative estimate of drug-likeness (QED) is 0.405. The highest BCUT2D eigenvalue weighted by Gasteiger charge is 2.44. The minimum atomic E-state index is -0.935. The minimum Gasteiger partial charge on any atom is -0.497 e. The van der Waals surface area contributed by atoms with Gasteiger partial charge in [-0.2, -0.15) is 0 Å². The fourth-order valence-electron chi connectivity index (χ4n) is 4.40. The third-order valence-electron chi connectivity index (χ3n) is 6.24. The minimum absolute atomic E-state index is 0.345. The van der Waals surface area contributed by atoms with Crippen LogP contribution >= 0.6 is 0 Å². The third-order valence-corrected chi connectivity index (χ3v) is 6.24. The molecule has 2 heterocycles. The molecule has 3 aromatic carbocycles. The van der Waals surface area contributed by atoms with Crippen molar-refractivity contribution in [3.63, 3.8) is 0 Å². The summed E-state index contributed by atoms with van der Waals surface area (Å²) in [5.41, 5.74) is 2.90. The van der Waals surface area contributed by atoms with Gasteiger partial charge >= 0.3 is 5.63 Å². The van der Waals surface area contributed by atoms with Gasteiger partial charge in [-0.05, 0) is 53.4 Å². The zero-order valence-corrected chi connectivity index (χ0v) is 19.2. The molecule has 1 aliphatic rings. The molecule has 1 amide bonds. The van der Waals surface area contributed by atoms with E-state index in [2.05, 4.69) is 19.2 Å². The second-order valence-corrected chi connectivity index (χ2v) is 8.68. The molecule has 2 atom stereocenters. The van der Waals surface area contributed by atoms with Crippen molar-refractivity contribution in [3.05, 3.63) is 99.9 Å². The molecule has 0 spiro atoms. The molecule has 6 nitrogen and oxygen atoms in total. The van der Waals surface area contributed by atoms with E-state index in [1.54, 1.807) is 43.5 Å². The number of benzene rings is 3.